The maximum atomic E-state index is 12.1. The van der Waals surface area contributed by atoms with Crippen LogP contribution in [0.1, 0.15) is 31.4 Å². The highest BCUT2D eigenvalue weighted by atomic mass is 35.5. The summed E-state index contributed by atoms with van der Waals surface area (Å²) in [6, 6.07) is 3.47. The Morgan fingerprint density at radius 2 is 2.11 bits per heavy atom. The van der Waals surface area contributed by atoms with Gasteiger partial charge in [0.1, 0.15) is 16.9 Å². The van der Waals surface area contributed by atoms with Crippen molar-refractivity contribution in [3.05, 3.63) is 28.3 Å². The molecule has 0 fully saturated rings. The zero-order valence-corrected chi connectivity index (χ0v) is 12.3. The molecule has 1 aliphatic heterocycles. The Hall–Kier alpha value is -1.26. The van der Waals surface area contributed by atoms with Crippen molar-refractivity contribution in [2.45, 2.75) is 38.3 Å². The lowest BCUT2D eigenvalue weighted by Gasteiger charge is -2.42. The van der Waals surface area contributed by atoms with Crippen molar-refractivity contribution in [2.24, 2.45) is 5.73 Å². The van der Waals surface area contributed by atoms with Crippen molar-refractivity contribution in [2.75, 3.05) is 7.11 Å². The number of rotatable bonds is 1. The van der Waals surface area contributed by atoms with Crippen molar-refractivity contribution in [3.8, 4) is 5.75 Å². The van der Waals surface area contributed by atoms with Gasteiger partial charge < -0.3 is 15.2 Å². The molecule has 19 heavy (non-hydrogen) atoms. The molecular weight excluding hydrogens is 266 g/mol. The molecule has 4 nitrogen and oxygen atoms in total. The van der Waals surface area contributed by atoms with Gasteiger partial charge >= 0.3 is 5.97 Å². The van der Waals surface area contributed by atoms with E-state index < -0.39 is 17.1 Å². The van der Waals surface area contributed by atoms with E-state index in [2.05, 4.69) is 0 Å². The Kier molecular flexibility index (Phi) is 3.27. The van der Waals surface area contributed by atoms with E-state index in [1.165, 1.54) is 7.11 Å². The van der Waals surface area contributed by atoms with Crippen molar-refractivity contribution < 1.29 is 14.3 Å². The second kappa shape index (κ2) is 4.39. The number of hydrogen-bond acceptors (Lipinski definition) is 4. The number of carbonyl (C=O) groups is 1. The average molecular weight is 284 g/mol. The summed E-state index contributed by atoms with van der Waals surface area (Å²) < 4.78 is 10.8. The van der Waals surface area contributed by atoms with Gasteiger partial charge in [0.2, 0.25) is 0 Å². The standard InChI is InChI=1S/C14H18ClNO3/c1-8-5-9(15)6-10-11(8)19-13(2,3)7-14(10,16)12(17)18-4/h5-6H,7,16H2,1-4H3. The molecule has 5 heteroatoms. The summed E-state index contributed by atoms with van der Waals surface area (Å²) in [6.07, 6.45) is 0.333. The molecule has 1 atom stereocenters. The third kappa shape index (κ3) is 2.30. The van der Waals surface area contributed by atoms with Crippen LogP contribution >= 0.6 is 11.6 Å². The Labute approximate surface area is 117 Å². The number of benzene rings is 1. The monoisotopic (exact) mass is 283 g/mol. The molecule has 0 saturated heterocycles. The SMILES string of the molecule is COC(=O)C1(N)CC(C)(C)Oc2c(C)cc(Cl)cc21. The Bertz CT molecular complexity index is 542. The lowest BCUT2D eigenvalue weighted by atomic mass is 9.77. The number of hydrogen-bond donors (Lipinski definition) is 1. The zero-order valence-electron chi connectivity index (χ0n) is 11.5. The Morgan fingerprint density at radius 3 is 2.68 bits per heavy atom. The molecule has 0 bridgehead atoms. The van der Waals surface area contributed by atoms with E-state index in [0.29, 0.717) is 22.8 Å². The van der Waals surface area contributed by atoms with Crippen LogP contribution in [0, 0.1) is 6.92 Å². The molecule has 2 N–H and O–H groups in total. The van der Waals surface area contributed by atoms with Gasteiger partial charge in [0.25, 0.3) is 0 Å². The molecule has 1 heterocycles. The summed E-state index contributed by atoms with van der Waals surface area (Å²) >= 11 is 6.06. The summed E-state index contributed by atoms with van der Waals surface area (Å²) in [7, 11) is 1.33. The number of fused-ring (bicyclic) bond motifs is 1. The van der Waals surface area contributed by atoms with Gasteiger partial charge in [-0.15, -0.1) is 0 Å². The van der Waals surface area contributed by atoms with Crippen LogP contribution in [0.3, 0.4) is 0 Å². The average Bonchev–Trinajstić information content (AvgIpc) is 2.29. The van der Waals surface area contributed by atoms with Crippen molar-refractivity contribution >= 4 is 17.6 Å². The highest BCUT2D eigenvalue weighted by Crippen LogP contribution is 2.45. The number of methoxy groups -OCH3 is 1. The third-order valence-corrected chi connectivity index (χ3v) is 3.57. The second-order valence-corrected chi connectivity index (χ2v) is 6.04. The fourth-order valence-electron chi connectivity index (χ4n) is 2.64. The smallest absolute Gasteiger partial charge is 0.330 e. The van der Waals surface area contributed by atoms with Crippen LogP contribution in [-0.4, -0.2) is 18.7 Å². The van der Waals surface area contributed by atoms with Crippen LogP contribution in [0.25, 0.3) is 0 Å². The fraction of sp³-hybridized carbons (Fsp3) is 0.500. The van der Waals surface area contributed by atoms with Gasteiger partial charge in [-0.3, -0.25) is 0 Å². The highest BCUT2D eigenvalue weighted by molar-refractivity contribution is 6.30. The molecule has 1 unspecified atom stereocenters. The molecular formula is C14H18ClNO3. The van der Waals surface area contributed by atoms with Gasteiger partial charge in [0.05, 0.1) is 7.11 Å². The van der Waals surface area contributed by atoms with Crippen LogP contribution in [0.15, 0.2) is 12.1 Å². The van der Waals surface area contributed by atoms with Crippen molar-refractivity contribution in [3.63, 3.8) is 0 Å². The Balaban J connectivity index is 2.70. The highest BCUT2D eigenvalue weighted by Gasteiger charge is 2.49. The maximum absolute atomic E-state index is 12.1. The molecule has 0 aromatic heterocycles. The van der Waals surface area contributed by atoms with Gasteiger partial charge in [-0.2, -0.15) is 0 Å². The first-order valence-corrected chi connectivity index (χ1v) is 6.44. The maximum Gasteiger partial charge on any atom is 0.330 e. The van der Waals surface area contributed by atoms with Gasteiger partial charge in [-0.25, -0.2) is 4.79 Å². The van der Waals surface area contributed by atoms with E-state index in [1.807, 2.05) is 20.8 Å². The zero-order chi connectivity index (χ0) is 14.4. The fourth-order valence-corrected chi connectivity index (χ4v) is 2.91. The molecule has 1 aromatic rings. The number of carbonyl (C=O) groups excluding carboxylic acids is 1. The number of esters is 1. The lowest BCUT2D eigenvalue weighted by Crippen LogP contribution is -2.55. The van der Waals surface area contributed by atoms with E-state index in [0.717, 1.165) is 5.56 Å². The van der Waals surface area contributed by atoms with Gasteiger partial charge in [-0.1, -0.05) is 11.6 Å². The molecule has 0 aliphatic carbocycles. The predicted molar refractivity (Wildman–Crippen MR) is 73.4 cm³/mol. The van der Waals surface area contributed by atoms with Crippen LogP contribution in [0.4, 0.5) is 0 Å². The van der Waals surface area contributed by atoms with E-state index in [9.17, 15) is 4.79 Å². The first kappa shape index (κ1) is 14.2. The lowest BCUT2D eigenvalue weighted by molar-refractivity contribution is -0.151. The summed E-state index contributed by atoms with van der Waals surface area (Å²) in [5, 5.41) is 0.526. The minimum absolute atomic E-state index is 0.333. The second-order valence-electron chi connectivity index (χ2n) is 5.60. The quantitative estimate of drug-likeness (QED) is 0.805. The first-order chi connectivity index (χ1) is 8.69. The van der Waals surface area contributed by atoms with Crippen LogP contribution < -0.4 is 10.5 Å². The van der Waals surface area contributed by atoms with Crippen LogP contribution in [0.2, 0.25) is 5.02 Å². The molecule has 0 radical (unpaired) electrons. The summed E-state index contributed by atoms with van der Waals surface area (Å²) in [4.78, 5) is 12.1. The van der Waals surface area contributed by atoms with Gasteiger partial charge in [0.15, 0.2) is 0 Å². The van der Waals surface area contributed by atoms with Gasteiger partial charge in [0, 0.05) is 17.0 Å². The minimum atomic E-state index is -1.23. The number of halogens is 1. The van der Waals surface area contributed by atoms with Crippen molar-refractivity contribution in [1.82, 2.24) is 0 Å². The van der Waals surface area contributed by atoms with Crippen LogP contribution in [-0.2, 0) is 15.1 Å². The predicted octanol–water partition coefficient (Wildman–Crippen LogP) is 2.54. The summed E-state index contributed by atoms with van der Waals surface area (Å²) in [6.45, 7) is 5.67. The number of ether oxygens (including phenoxy) is 2. The van der Waals surface area contributed by atoms with Crippen molar-refractivity contribution in [1.29, 1.82) is 0 Å². The largest absolute Gasteiger partial charge is 0.487 e. The summed E-state index contributed by atoms with van der Waals surface area (Å²) in [5.74, 6) is 0.139. The molecule has 0 amide bonds. The van der Waals surface area contributed by atoms with E-state index in [1.54, 1.807) is 12.1 Å². The number of aryl methyl sites for hydroxylation is 1. The molecule has 0 saturated carbocycles. The Morgan fingerprint density at radius 1 is 1.47 bits per heavy atom. The van der Waals surface area contributed by atoms with E-state index in [-0.39, 0.29) is 0 Å². The van der Waals surface area contributed by atoms with E-state index >= 15 is 0 Å². The number of nitrogens with two attached hydrogens (primary N) is 1. The topological polar surface area (TPSA) is 61.5 Å². The summed E-state index contributed by atoms with van der Waals surface area (Å²) in [5.41, 5.74) is 5.99. The molecule has 2 rings (SSSR count). The molecule has 1 aliphatic rings. The molecule has 1 aromatic carbocycles. The first-order valence-electron chi connectivity index (χ1n) is 6.06. The van der Waals surface area contributed by atoms with E-state index in [4.69, 9.17) is 26.8 Å². The third-order valence-electron chi connectivity index (χ3n) is 3.35. The molecule has 0 spiro atoms. The van der Waals surface area contributed by atoms with Gasteiger partial charge in [-0.05, 0) is 38.5 Å². The van der Waals surface area contributed by atoms with Crippen LogP contribution in [0.5, 0.6) is 5.75 Å². The molecule has 104 valence electrons. The minimum Gasteiger partial charge on any atom is -0.487 e. The normalized spacial score (nSPS) is 24.3.